The number of hydrogen-bond donors (Lipinski definition) is 0. The molecule has 8 aromatic rings. The third kappa shape index (κ3) is 8.37. The van der Waals surface area contributed by atoms with E-state index in [1.807, 2.05) is 24.3 Å². The second-order valence-electron chi connectivity index (χ2n) is 17.3. The van der Waals surface area contributed by atoms with Gasteiger partial charge in [-0.3, -0.25) is 4.98 Å². The number of imidazole rings is 1. The molecule has 3 heterocycles. The number of furan rings is 1. The van der Waals surface area contributed by atoms with Crippen molar-refractivity contribution in [2.24, 2.45) is 0 Å². The fourth-order valence-corrected chi connectivity index (χ4v) is 9.40. The molecule has 0 aliphatic heterocycles. The van der Waals surface area contributed by atoms with Gasteiger partial charge in [0.25, 0.3) is 0 Å². The van der Waals surface area contributed by atoms with E-state index in [-0.39, 0.29) is 20.1 Å². The first-order chi connectivity index (χ1) is 26.7. The summed E-state index contributed by atoms with van der Waals surface area (Å²) in [6, 6.07) is 42.9. The van der Waals surface area contributed by atoms with Crippen molar-refractivity contribution in [1.82, 2.24) is 14.5 Å². The molecule has 0 aliphatic rings. The van der Waals surface area contributed by atoms with Crippen LogP contribution < -0.4 is 5.19 Å². The van der Waals surface area contributed by atoms with Gasteiger partial charge >= 0.3 is 0 Å². The minimum absolute atomic E-state index is 0. The van der Waals surface area contributed by atoms with Gasteiger partial charge in [-0.1, -0.05) is 152 Å². The zero-order valence-corrected chi connectivity index (χ0v) is 38.7. The minimum atomic E-state index is -1.36. The van der Waals surface area contributed by atoms with Crippen LogP contribution in [0.3, 0.4) is 0 Å². The number of aromatic nitrogens is 3. The Labute approximate surface area is 354 Å². The smallest absolute Gasteiger partial charge is 0.120 e. The normalized spacial score (nSPS) is 11.9. The summed E-state index contributed by atoms with van der Waals surface area (Å²) < 4.78 is 8.73. The number of pyridine rings is 1. The Morgan fingerprint density at radius 1 is 0.667 bits per heavy atom. The van der Waals surface area contributed by atoms with Crippen LogP contribution in [0.4, 0.5) is 0 Å². The van der Waals surface area contributed by atoms with Crippen LogP contribution in [0, 0.1) is 12.1 Å². The molecule has 0 spiro atoms. The summed E-state index contributed by atoms with van der Waals surface area (Å²) in [5, 5.41) is 3.68. The van der Waals surface area contributed by atoms with Gasteiger partial charge in [0.05, 0.1) is 30.5 Å². The van der Waals surface area contributed by atoms with Crippen molar-refractivity contribution in [3.63, 3.8) is 0 Å². The predicted molar refractivity (Wildman–Crippen MR) is 240 cm³/mol. The van der Waals surface area contributed by atoms with Gasteiger partial charge < -0.3 is 14.0 Å². The maximum atomic E-state index is 6.40. The van der Waals surface area contributed by atoms with Gasteiger partial charge in [-0.05, 0) is 58.0 Å². The fourth-order valence-electron chi connectivity index (χ4n) is 7.72. The number of para-hydroxylation sites is 4. The summed E-state index contributed by atoms with van der Waals surface area (Å²) in [6.45, 7) is 25.2. The average Bonchev–Trinajstić information content (AvgIpc) is 3.76. The number of benzene rings is 5. The topological polar surface area (TPSA) is 43.9 Å². The maximum absolute atomic E-state index is 6.40. The van der Waals surface area contributed by atoms with Gasteiger partial charge in [-0.2, -0.15) is 0 Å². The SMILES string of the molecule is CC(C)c1c[c-]c(-c2cc(C(C)C)c([Si](C)(C)C)cn2)cc1.CC(C)c1cccc(C(C)C)c1-n1c(-c2[c-]ccc3c2oc2ccccc23)nc2ccccc21.[Ir]. The summed E-state index contributed by atoms with van der Waals surface area (Å²) in [7, 11) is -1.36. The largest absolute Gasteiger partial charge is 0.501 e. The van der Waals surface area contributed by atoms with Crippen LogP contribution in [0.1, 0.15) is 101 Å². The van der Waals surface area contributed by atoms with Crippen molar-refractivity contribution in [2.75, 3.05) is 0 Å². The van der Waals surface area contributed by atoms with E-state index in [1.54, 1.807) is 0 Å². The molecule has 0 N–H and O–H groups in total. The molecule has 0 atom stereocenters. The molecular weight excluding hydrogens is 891 g/mol. The van der Waals surface area contributed by atoms with Gasteiger partial charge in [0.2, 0.25) is 0 Å². The second kappa shape index (κ2) is 17.1. The zero-order chi connectivity index (χ0) is 39.9. The number of rotatable bonds is 8. The first-order valence-corrected chi connectivity index (χ1v) is 23.7. The maximum Gasteiger partial charge on any atom is 0.120 e. The van der Waals surface area contributed by atoms with Crippen molar-refractivity contribution < 1.29 is 24.5 Å². The molecular formula is C51H55IrN3OSi-2. The monoisotopic (exact) mass is 946 g/mol. The number of nitrogens with zero attached hydrogens (tertiary/aromatic N) is 3. The van der Waals surface area contributed by atoms with Crippen molar-refractivity contribution in [1.29, 1.82) is 0 Å². The van der Waals surface area contributed by atoms with Crippen LogP contribution in [0.15, 0.2) is 114 Å². The average molecular weight is 946 g/mol. The molecule has 0 fully saturated rings. The Balaban J connectivity index is 0.000000208. The van der Waals surface area contributed by atoms with Gasteiger partial charge in [0.1, 0.15) is 5.58 Å². The Morgan fingerprint density at radius 2 is 1.33 bits per heavy atom. The minimum Gasteiger partial charge on any atom is -0.501 e. The van der Waals surface area contributed by atoms with E-state index in [4.69, 9.17) is 14.4 Å². The fraction of sp³-hybridized carbons (Fsp3) is 0.294. The molecule has 0 unspecified atom stereocenters. The van der Waals surface area contributed by atoms with Crippen LogP contribution in [-0.4, -0.2) is 22.6 Å². The van der Waals surface area contributed by atoms with E-state index in [9.17, 15) is 0 Å². The van der Waals surface area contributed by atoms with Crippen molar-refractivity contribution >= 4 is 46.2 Å². The number of hydrogen-bond acceptors (Lipinski definition) is 3. The second-order valence-corrected chi connectivity index (χ2v) is 22.3. The molecule has 1 radical (unpaired) electrons. The molecule has 57 heavy (non-hydrogen) atoms. The van der Waals surface area contributed by atoms with Crippen LogP contribution >= 0.6 is 0 Å². The number of fused-ring (bicyclic) bond motifs is 4. The molecule has 8 rings (SSSR count). The van der Waals surface area contributed by atoms with E-state index >= 15 is 0 Å². The molecule has 0 saturated carbocycles. The molecule has 5 aromatic carbocycles. The van der Waals surface area contributed by atoms with Crippen LogP contribution in [0.2, 0.25) is 19.6 Å². The standard InChI is InChI=1S/C31H27N2O.C20H28NSi.Ir/c1-19(2)21-12-9-13-22(20(3)4)29(21)33-27-17-7-6-16-26(27)32-31(33)25-15-10-14-24-23-11-5-8-18-28(23)34-30(24)25;1-14(2)16-8-10-17(11-9-16)19-12-18(15(3)4)20(13-21-19)22(5,6)7;/h5-14,16-20H,1-4H3;8-10,12-15H,1-7H3;/q2*-1;. The molecule has 3 aromatic heterocycles. The van der Waals surface area contributed by atoms with Crippen molar-refractivity contribution in [3.05, 3.63) is 144 Å². The molecule has 6 heteroatoms. The Hall–Kier alpha value is -4.61. The van der Waals surface area contributed by atoms with E-state index < -0.39 is 8.07 Å². The summed E-state index contributed by atoms with van der Waals surface area (Å²) in [5.74, 6) is 2.67. The molecule has 295 valence electrons. The van der Waals surface area contributed by atoms with E-state index in [2.05, 4.69) is 177 Å². The van der Waals surface area contributed by atoms with Crippen LogP contribution in [-0.2, 0) is 20.1 Å². The van der Waals surface area contributed by atoms with Crippen LogP contribution in [0.5, 0.6) is 0 Å². The van der Waals surface area contributed by atoms with E-state index in [0.717, 1.165) is 55.6 Å². The van der Waals surface area contributed by atoms with Gasteiger partial charge in [0, 0.05) is 37.4 Å². The Kier molecular flexibility index (Phi) is 12.6. The Morgan fingerprint density at radius 3 is 1.96 bits per heavy atom. The summed E-state index contributed by atoms with van der Waals surface area (Å²) in [6.07, 6.45) is 2.11. The van der Waals surface area contributed by atoms with E-state index in [1.165, 1.54) is 33.1 Å². The third-order valence-electron chi connectivity index (χ3n) is 10.8. The molecule has 0 aliphatic carbocycles. The molecule has 0 saturated heterocycles. The first-order valence-electron chi connectivity index (χ1n) is 20.2. The van der Waals surface area contributed by atoms with Crippen molar-refractivity contribution in [2.45, 2.75) is 98.7 Å². The van der Waals surface area contributed by atoms with E-state index in [0.29, 0.717) is 23.7 Å². The van der Waals surface area contributed by atoms with Gasteiger partial charge in [-0.25, -0.2) is 0 Å². The molecule has 4 nitrogen and oxygen atoms in total. The summed E-state index contributed by atoms with van der Waals surface area (Å²) >= 11 is 0. The zero-order valence-electron chi connectivity index (χ0n) is 35.3. The quantitative estimate of drug-likeness (QED) is 0.113. The van der Waals surface area contributed by atoms with Gasteiger partial charge in [0.15, 0.2) is 0 Å². The predicted octanol–water partition coefficient (Wildman–Crippen LogP) is 14.0. The van der Waals surface area contributed by atoms with Crippen LogP contribution in [0.25, 0.3) is 61.3 Å². The molecule has 0 bridgehead atoms. The first kappa shape index (κ1) is 42.0. The molecule has 0 amide bonds. The summed E-state index contributed by atoms with van der Waals surface area (Å²) in [5.41, 5.74) is 13.4. The van der Waals surface area contributed by atoms with Gasteiger partial charge in [-0.15, -0.1) is 53.6 Å². The Bertz CT molecular complexity index is 2610. The van der Waals surface area contributed by atoms with Crippen molar-refractivity contribution in [3.8, 4) is 28.3 Å². The third-order valence-corrected chi connectivity index (χ3v) is 12.9. The summed E-state index contributed by atoms with van der Waals surface area (Å²) in [4.78, 5) is 9.89.